The summed E-state index contributed by atoms with van der Waals surface area (Å²) in [4.78, 5) is 20.2. The van der Waals surface area contributed by atoms with Gasteiger partial charge in [-0.1, -0.05) is 12.1 Å². The van der Waals surface area contributed by atoms with Gasteiger partial charge in [0.15, 0.2) is 0 Å². The second kappa shape index (κ2) is 7.90. The largest absolute Gasteiger partial charge is 0.457 e. The third-order valence-corrected chi connectivity index (χ3v) is 3.55. The van der Waals surface area contributed by atoms with Crippen molar-refractivity contribution in [2.24, 2.45) is 0 Å². The molecule has 3 rings (SSSR count). The van der Waals surface area contributed by atoms with Crippen molar-refractivity contribution in [3.63, 3.8) is 0 Å². The SMILES string of the molecule is Cc1nccc(NC(=O)Cc2ccc(Oc3ccc(C#N)cc3)cc2)n1. The van der Waals surface area contributed by atoms with Gasteiger partial charge in [-0.15, -0.1) is 0 Å². The molecule has 1 amide bonds. The number of rotatable bonds is 5. The molecule has 0 atom stereocenters. The van der Waals surface area contributed by atoms with E-state index in [0.717, 1.165) is 5.56 Å². The van der Waals surface area contributed by atoms with Crippen LogP contribution in [0.25, 0.3) is 0 Å². The second-order valence-electron chi connectivity index (χ2n) is 5.60. The summed E-state index contributed by atoms with van der Waals surface area (Å²) >= 11 is 0. The first-order valence-electron chi connectivity index (χ1n) is 7.99. The Morgan fingerprint density at radius 3 is 2.35 bits per heavy atom. The lowest BCUT2D eigenvalue weighted by atomic mass is 10.1. The van der Waals surface area contributed by atoms with Crippen LogP contribution in [-0.4, -0.2) is 15.9 Å². The fraction of sp³-hybridized carbons (Fsp3) is 0.100. The van der Waals surface area contributed by atoms with Crippen LogP contribution in [0.3, 0.4) is 0 Å². The van der Waals surface area contributed by atoms with Gasteiger partial charge in [-0.25, -0.2) is 9.97 Å². The molecule has 1 heterocycles. The van der Waals surface area contributed by atoms with Crippen LogP contribution in [-0.2, 0) is 11.2 Å². The number of benzene rings is 2. The highest BCUT2D eigenvalue weighted by Gasteiger charge is 2.06. The molecule has 0 saturated heterocycles. The summed E-state index contributed by atoms with van der Waals surface area (Å²) in [5.41, 5.74) is 1.44. The first-order chi connectivity index (χ1) is 12.6. The molecule has 26 heavy (non-hydrogen) atoms. The number of nitrogens with zero attached hydrogens (tertiary/aromatic N) is 3. The maximum Gasteiger partial charge on any atom is 0.229 e. The molecule has 6 nitrogen and oxygen atoms in total. The average molecular weight is 344 g/mol. The van der Waals surface area contributed by atoms with Crippen LogP contribution in [0.5, 0.6) is 11.5 Å². The molecule has 6 heteroatoms. The van der Waals surface area contributed by atoms with Crippen LogP contribution in [0.15, 0.2) is 60.8 Å². The van der Waals surface area contributed by atoms with E-state index in [1.54, 1.807) is 55.6 Å². The lowest BCUT2D eigenvalue weighted by molar-refractivity contribution is -0.115. The molecule has 0 aliphatic rings. The van der Waals surface area contributed by atoms with Crippen molar-refractivity contribution in [2.75, 3.05) is 5.32 Å². The van der Waals surface area contributed by atoms with Crippen LogP contribution < -0.4 is 10.1 Å². The number of nitrogens with one attached hydrogen (secondary N) is 1. The van der Waals surface area contributed by atoms with Crippen molar-refractivity contribution in [1.29, 1.82) is 5.26 Å². The summed E-state index contributed by atoms with van der Waals surface area (Å²) in [6.07, 6.45) is 1.84. The van der Waals surface area contributed by atoms with Gasteiger partial charge in [0, 0.05) is 6.20 Å². The van der Waals surface area contributed by atoms with Crippen LogP contribution in [0.1, 0.15) is 17.0 Å². The van der Waals surface area contributed by atoms with E-state index in [9.17, 15) is 4.79 Å². The number of nitriles is 1. The minimum Gasteiger partial charge on any atom is -0.457 e. The van der Waals surface area contributed by atoms with Crippen molar-refractivity contribution in [1.82, 2.24) is 9.97 Å². The zero-order valence-corrected chi connectivity index (χ0v) is 14.1. The molecule has 0 aliphatic heterocycles. The smallest absolute Gasteiger partial charge is 0.229 e. The predicted octanol–water partition coefficient (Wildman–Crippen LogP) is 3.63. The first kappa shape index (κ1) is 17.1. The molecule has 1 N–H and O–H groups in total. The van der Waals surface area contributed by atoms with E-state index in [0.29, 0.717) is 28.7 Å². The number of hydrogen-bond acceptors (Lipinski definition) is 5. The van der Waals surface area contributed by atoms with E-state index >= 15 is 0 Å². The topological polar surface area (TPSA) is 87.9 Å². The van der Waals surface area contributed by atoms with Gasteiger partial charge in [-0.2, -0.15) is 5.26 Å². The summed E-state index contributed by atoms with van der Waals surface area (Å²) < 4.78 is 5.72. The molecule has 128 valence electrons. The van der Waals surface area contributed by atoms with Crippen molar-refractivity contribution in [2.45, 2.75) is 13.3 Å². The van der Waals surface area contributed by atoms with E-state index in [1.165, 1.54) is 0 Å². The first-order valence-corrected chi connectivity index (χ1v) is 7.99. The Balaban J connectivity index is 1.58. The zero-order valence-electron chi connectivity index (χ0n) is 14.1. The number of carbonyl (C=O) groups is 1. The summed E-state index contributed by atoms with van der Waals surface area (Å²) in [7, 11) is 0. The predicted molar refractivity (Wildman–Crippen MR) is 96.8 cm³/mol. The molecule has 0 radical (unpaired) electrons. The highest BCUT2D eigenvalue weighted by molar-refractivity contribution is 5.91. The number of ether oxygens (including phenoxy) is 1. The minimum atomic E-state index is -0.149. The minimum absolute atomic E-state index is 0.149. The molecule has 0 aliphatic carbocycles. The van der Waals surface area contributed by atoms with Gasteiger partial charge in [0.1, 0.15) is 23.1 Å². The Morgan fingerprint density at radius 2 is 1.73 bits per heavy atom. The van der Waals surface area contributed by atoms with E-state index in [1.807, 2.05) is 12.1 Å². The van der Waals surface area contributed by atoms with Gasteiger partial charge in [0.2, 0.25) is 5.91 Å². The number of hydrogen-bond donors (Lipinski definition) is 1. The maximum absolute atomic E-state index is 12.1. The molecule has 0 bridgehead atoms. The Bertz CT molecular complexity index is 945. The van der Waals surface area contributed by atoms with Crippen LogP contribution in [0, 0.1) is 18.3 Å². The molecule has 0 unspecified atom stereocenters. The fourth-order valence-electron chi connectivity index (χ4n) is 2.31. The Morgan fingerprint density at radius 1 is 1.08 bits per heavy atom. The standard InChI is InChI=1S/C20H16N4O2/c1-14-22-11-10-19(23-14)24-20(25)12-15-2-6-17(7-3-15)26-18-8-4-16(13-21)5-9-18/h2-11H,12H2,1H3,(H,22,23,24,25). The van der Waals surface area contributed by atoms with E-state index < -0.39 is 0 Å². The third kappa shape index (κ3) is 4.65. The number of aryl methyl sites for hydroxylation is 1. The van der Waals surface area contributed by atoms with Crippen molar-refractivity contribution >= 4 is 11.7 Å². The summed E-state index contributed by atoms with van der Waals surface area (Å²) in [5.74, 6) is 2.25. The number of anilines is 1. The molecule has 0 fully saturated rings. The number of amides is 1. The molecule has 2 aromatic carbocycles. The molecular weight excluding hydrogens is 328 g/mol. The van der Waals surface area contributed by atoms with Crippen LogP contribution >= 0.6 is 0 Å². The van der Waals surface area contributed by atoms with E-state index in [4.69, 9.17) is 10.00 Å². The second-order valence-corrected chi connectivity index (χ2v) is 5.60. The monoisotopic (exact) mass is 344 g/mol. The van der Waals surface area contributed by atoms with Gasteiger partial charge in [-0.05, 0) is 55.0 Å². The van der Waals surface area contributed by atoms with Gasteiger partial charge in [0.25, 0.3) is 0 Å². The van der Waals surface area contributed by atoms with E-state index in [2.05, 4.69) is 21.4 Å². The maximum atomic E-state index is 12.1. The summed E-state index contributed by atoms with van der Waals surface area (Å²) in [6, 6.07) is 17.9. The Labute approximate surface area is 151 Å². The van der Waals surface area contributed by atoms with Crippen molar-refractivity contribution in [3.05, 3.63) is 77.7 Å². The Hall–Kier alpha value is -3.72. The van der Waals surface area contributed by atoms with Gasteiger partial charge in [-0.3, -0.25) is 4.79 Å². The molecular formula is C20H16N4O2. The van der Waals surface area contributed by atoms with Gasteiger partial charge in [0.05, 0.1) is 18.1 Å². The summed E-state index contributed by atoms with van der Waals surface area (Å²) in [5, 5.41) is 11.5. The number of carbonyl (C=O) groups excluding carboxylic acids is 1. The van der Waals surface area contributed by atoms with E-state index in [-0.39, 0.29) is 12.3 Å². The molecule has 1 aromatic heterocycles. The van der Waals surface area contributed by atoms with Gasteiger partial charge >= 0.3 is 0 Å². The average Bonchev–Trinajstić information content (AvgIpc) is 2.64. The molecule has 0 saturated carbocycles. The fourth-order valence-corrected chi connectivity index (χ4v) is 2.31. The van der Waals surface area contributed by atoms with Crippen molar-refractivity contribution in [3.8, 4) is 17.6 Å². The molecule has 3 aromatic rings. The van der Waals surface area contributed by atoms with Gasteiger partial charge < -0.3 is 10.1 Å². The highest BCUT2D eigenvalue weighted by atomic mass is 16.5. The third-order valence-electron chi connectivity index (χ3n) is 3.55. The zero-order chi connectivity index (χ0) is 18.4. The number of aromatic nitrogens is 2. The normalized spacial score (nSPS) is 10.0. The Kier molecular flexibility index (Phi) is 5.20. The summed E-state index contributed by atoms with van der Waals surface area (Å²) in [6.45, 7) is 1.77. The van der Waals surface area contributed by atoms with Crippen LogP contribution in [0.4, 0.5) is 5.82 Å². The lowest BCUT2D eigenvalue weighted by Crippen LogP contribution is -2.15. The van der Waals surface area contributed by atoms with Crippen molar-refractivity contribution < 1.29 is 9.53 Å². The lowest BCUT2D eigenvalue weighted by Gasteiger charge is -2.08. The van der Waals surface area contributed by atoms with Crippen LogP contribution in [0.2, 0.25) is 0 Å². The quantitative estimate of drug-likeness (QED) is 0.763. The highest BCUT2D eigenvalue weighted by Crippen LogP contribution is 2.22. The molecule has 0 spiro atoms.